The number of ether oxygens (including phenoxy) is 3. The summed E-state index contributed by atoms with van der Waals surface area (Å²) < 4.78 is 32.6. The summed E-state index contributed by atoms with van der Waals surface area (Å²) in [5.74, 6) is -3.02. The van der Waals surface area contributed by atoms with E-state index in [-0.39, 0.29) is 4.43 Å². The Hall–Kier alpha value is -0.780. The second-order valence-corrected chi connectivity index (χ2v) is 6.23. The van der Waals surface area contributed by atoms with Crippen LogP contribution >= 0.6 is 22.6 Å². The van der Waals surface area contributed by atoms with Gasteiger partial charge in [0.2, 0.25) is 5.85 Å². The van der Waals surface area contributed by atoms with Gasteiger partial charge in [-0.05, 0) is 13.8 Å². The summed E-state index contributed by atoms with van der Waals surface area (Å²) in [6.07, 6.45) is -1.45. The molecule has 1 aromatic rings. The second-order valence-electron chi connectivity index (χ2n) is 5.47. The zero-order valence-electron chi connectivity index (χ0n) is 11.3. The van der Waals surface area contributed by atoms with E-state index in [0.29, 0.717) is 0 Å². The van der Waals surface area contributed by atoms with Gasteiger partial charge in [0.25, 0.3) is 5.56 Å². The van der Waals surface area contributed by atoms with Gasteiger partial charge in [-0.25, -0.2) is 9.18 Å². The highest BCUT2D eigenvalue weighted by Gasteiger charge is 2.64. The maximum Gasteiger partial charge on any atom is 0.330 e. The predicted octanol–water partition coefficient (Wildman–Crippen LogP) is 0.686. The molecule has 4 atom stereocenters. The molecule has 0 aliphatic carbocycles. The van der Waals surface area contributed by atoms with E-state index in [1.165, 1.54) is 12.3 Å². The lowest BCUT2D eigenvalue weighted by Crippen LogP contribution is -2.40. The number of aromatic nitrogens is 2. The summed E-state index contributed by atoms with van der Waals surface area (Å²) in [6.45, 7) is 3.34. The van der Waals surface area contributed by atoms with E-state index >= 15 is 0 Å². The number of rotatable bonds is 2. The quantitative estimate of drug-likeness (QED) is 0.571. The highest BCUT2D eigenvalue weighted by molar-refractivity contribution is 14.1. The van der Waals surface area contributed by atoms with Gasteiger partial charge in [-0.1, -0.05) is 22.6 Å². The molecule has 2 aliphatic heterocycles. The van der Waals surface area contributed by atoms with Crippen molar-refractivity contribution in [3.8, 4) is 0 Å². The number of halogens is 2. The molecule has 0 bridgehead atoms. The van der Waals surface area contributed by atoms with Crippen molar-refractivity contribution in [3.05, 3.63) is 33.1 Å². The first-order valence-electron chi connectivity index (χ1n) is 6.35. The van der Waals surface area contributed by atoms with Crippen LogP contribution in [0.15, 0.2) is 21.9 Å². The molecule has 1 N–H and O–H groups in total. The van der Waals surface area contributed by atoms with Gasteiger partial charge >= 0.3 is 5.69 Å². The van der Waals surface area contributed by atoms with E-state index in [0.717, 1.165) is 4.57 Å². The zero-order valence-corrected chi connectivity index (χ0v) is 13.5. The van der Waals surface area contributed by atoms with Crippen LogP contribution in [0.5, 0.6) is 0 Å². The van der Waals surface area contributed by atoms with Crippen LogP contribution in [0, 0.1) is 0 Å². The molecule has 116 valence electrons. The lowest BCUT2D eigenvalue weighted by molar-refractivity contribution is -0.246. The van der Waals surface area contributed by atoms with Crippen LogP contribution in [-0.2, 0) is 14.2 Å². The summed E-state index contributed by atoms with van der Waals surface area (Å²) >= 11 is 1.86. The molecule has 2 saturated heterocycles. The minimum atomic E-state index is -2.06. The number of alkyl halides is 2. The molecule has 2 fully saturated rings. The third kappa shape index (κ3) is 2.45. The van der Waals surface area contributed by atoms with Gasteiger partial charge in [0.1, 0.15) is 6.10 Å². The van der Waals surface area contributed by atoms with Crippen molar-refractivity contribution in [2.45, 2.75) is 43.9 Å². The summed E-state index contributed by atoms with van der Waals surface area (Å²) in [5, 5.41) is 0. The predicted molar refractivity (Wildman–Crippen MR) is 78.0 cm³/mol. The molecule has 9 heteroatoms. The number of H-pyrrole nitrogens is 1. The van der Waals surface area contributed by atoms with Crippen LogP contribution < -0.4 is 11.2 Å². The van der Waals surface area contributed by atoms with Crippen molar-refractivity contribution in [1.82, 2.24) is 9.55 Å². The number of nitrogens with one attached hydrogen (secondary N) is 1. The van der Waals surface area contributed by atoms with Crippen LogP contribution in [-0.4, -0.2) is 37.8 Å². The van der Waals surface area contributed by atoms with Gasteiger partial charge in [-0.3, -0.25) is 14.3 Å². The number of nitrogens with zero attached hydrogens (tertiary/aromatic N) is 1. The lowest BCUT2D eigenvalue weighted by atomic mass is 10.1. The van der Waals surface area contributed by atoms with Gasteiger partial charge in [0.05, 0.1) is 4.43 Å². The Morgan fingerprint density at radius 1 is 1.38 bits per heavy atom. The maximum absolute atomic E-state index is 14.9. The zero-order chi connectivity index (χ0) is 15.4. The minimum absolute atomic E-state index is 0.0277. The fraction of sp³-hybridized carbons (Fsp3) is 0.667. The van der Waals surface area contributed by atoms with E-state index < -0.39 is 41.3 Å². The smallest absolute Gasteiger partial charge is 0.330 e. The monoisotopic (exact) mass is 412 g/mol. The largest absolute Gasteiger partial charge is 0.340 e. The van der Waals surface area contributed by atoms with E-state index in [1.54, 1.807) is 13.8 Å². The summed E-state index contributed by atoms with van der Waals surface area (Å²) in [6, 6.07) is 1.17. The normalized spacial score (nSPS) is 37.6. The second kappa shape index (κ2) is 4.86. The first kappa shape index (κ1) is 15.1. The van der Waals surface area contributed by atoms with Crippen molar-refractivity contribution in [3.63, 3.8) is 0 Å². The van der Waals surface area contributed by atoms with Gasteiger partial charge in [-0.2, -0.15) is 0 Å². The highest BCUT2D eigenvalue weighted by Crippen LogP contribution is 2.48. The minimum Gasteiger partial charge on any atom is -0.340 e. The Balaban J connectivity index is 2.04. The van der Waals surface area contributed by atoms with Crippen LogP contribution in [0.1, 0.15) is 20.1 Å². The van der Waals surface area contributed by atoms with E-state index in [2.05, 4.69) is 4.98 Å². The first-order valence-corrected chi connectivity index (χ1v) is 7.88. The molecular weight excluding hydrogens is 398 g/mol. The molecule has 0 aromatic carbocycles. The molecule has 0 unspecified atom stereocenters. The van der Waals surface area contributed by atoms with Crippen LogP contribution in [0.4, 0.5) is 4.39 Å². The van der Waals surface area contributed by atoms with Gasteiger partial charge < -0.3 is 14.2 Å². The maximum atomic E-state index is 14.9. The molecular formula is C12H14FIN2O5. The molecule has 0 radical (unpaired) electrons. The average molecular weight is 412 g/mol. The molecule has 3 heterocycles. The van der Waals surface area contributed by atoms with Crippen molar-refractivity contribution < 1.29 is 18.6 Å². The van der Waals surface area contributed by atoms with E-state index in [9.17, 15) is 14.0 Å². The fourth-order valence-electron chi connectivity index (χ4n) is 2.62. The molecule has 0 amide bonds. The number of aromatic amines is 1. The van der Waals surface area contributed by atoms with Crippen molar-refractivity contribution in [2.24, 2.45) is 0 Å². The van der Waals surface area contributed by atoms with Crippen molar-refractivity contribution in [2.75, 3.05) is 4.43 Å². The average Bonchev–Trinajstić information content (AvgIpc) is 2.84. The van der Waals surface area contributed by atoms with Gasteiger partial charge in [0, 0.05) is 12.3 Å². The highest BCUT2D eigenvalue weighted by atomic mass is 127. The number of hydrogen-bond donors (Lipinski definition) is 1. The van der Waals surface area contributed by atoms with Gasteiger partial charge in [-0.15, -0.1) is 0 Å². The SMILES string of the molecule is CC1(C)O[C@@H]2[C@H](n3ccc(=O)[nH]c3=O)O[C@](F)(CI)[C@@H]2O1. The van der Waals surface area contributed by atoms with Crippen molar-refractivity contribution >= 4 is 22.6 Å². The number of hydrogen-bond acceptors (Lipinski definition) is 5. The Kier molecular flexibility index (Phi) is 3.50. The standard InChI is InChI=1S/C12H14FIN2O5/c1-11(2)19-7-8(20-11)12(13,5-14)21-9(7)16-4-3-6(17)15-10(16)18/h3-4,7-9H,5H2,1-2H3,(H,15,17,18)/t7-,8+,9+,12+/m0/s1. The Bertz CT molecular complexity index is 674. The fourth-order valence-corrected chi connectivity index (χ4v) is 3.23. The molecule has 1 aromatic heterocycles. The van der Waals surface area contributed by atoms with E-state index in [4.69, 9.17) is 14.2 Å². The number of fused-ring (bicyclic) bond motifs is 1. The van der Waals surface area contributed by atoms with Gasteiger partial charge in [0.15, 0.2) is 18.1 Å². The van der Waals surface area contributed by atoms with Crippen LogP contribution in [0.25, 0.3) is 0 Å². The summed E-state index contributed by atoms with van der Waals surface area (Å²) in [4.78, 5) is 25.1. The summed E-state index contributed by atoms with van der Waals surface area (Å²) in [5.41, 5.74) is -1.22. The Morgan fingerprint density at radius 2 is 2.10 bits per heavy atom. The third-order valence-electron chi connectivity index (χ3n) is 3.46. The lowest BCUT2D eigenvalue weighted by Gasteiger charge is -2.27. The first-order chi connectivity index (χ1) is 9.76. The molecule has 0 spiro atoms. The molecule has 3 rings (SSSR count). The third-order valence-corrected chi connectivity index (χ3v) is 4.50. The molecule has 2 aliphatic rings. The Labute approximate surface area is 132 Å². The molecule has 21 heavy (non-hydrogen) atoms. The Morgan fingerprint density at radius 3 is 2.71 bits per heavy atom. The van der Waals surface area contributed by atoms with Crippen LogP contribution in [0.2, 0.25) is 0 Å². The van der Waals surface area contributed by atoms with Crippen molar-refractivity contribution in [1.29, 1.82) is 0 Å². The molecule has 7 nitrogen and oxygen atoms in total. The molecule has 0 saturated carbocycles. The summed E-state index contributed by atoms with van der Waals surface area (Å²) in [7, 11) is 0. The van der Waals surface area contributed by atoms with Crippen LogP contribution in [0.3, 0.4) is 0 Å². The van der Waals surface area contributed by atoms with E-state index in [1.807, 2.05) is 22.6 Å². The topological polar surface area (TPSA) is 82.6 Å².